The van der Waals surface area contributed by atoms with Gasteiger partial charge in [0.2, 0.25) is 0 Å². The fraction of sp³-hybridized carbons (Fsp3) is 0.0952. The number of hydrogen-bond donors (Lipinski definition) is 1. The fourth-order valence-corrected chi connectivity index (χ4v) is 2.91. The van der Waals surface area contributed by atoms with E-state index < -0.39 is 17.8 Å². The van der Waals surface area contributed by atoms with Crippen LogP contribution < -0.4 is 15.0 Å². The Kier molecular flexibility index (Phi) is 5.48. The van der Waals surface area contributed by atoms with Gasteiger partial charge in [0.25, 0.3) is 11.8 Å². The van der Waals surface area contributed by atoms with Gasteiger partial charge in [-0.15, -0.1) is 6.42 Å². The third-order valence-electron chi connectivity index (χ3n) is 4.04. The first-order valence-electron chi connectivity index (χ1n) is 8.25. The molecule has 1 aliphatic rings. The van der Waals surface area contributed by atoms with E-state index in [1.165, 1.54) is 12.1 Å². The molecule has 0 radical (unpaired) electrons. The highest BCUT2D eigenvalue weighted by molar-refractivity contribution is 6.39. The summed E-state index contributed by atoms with van der Waals surface area (Å²) < 4.78 is 5.44. The summed E-state index contributed by atoms with van der Waals surface area (Å²) in [5.41, 5.74) is 1.26. The van der Waals surface area contributed by atoms with Crippen LogP contribution in [0.15, 0.2) is 48.0 Å². The van der Waals surface area contributed by atoms with Gasteiger partial charge < -0.3 is 4.74 Å². The van der Waals surface area contributed by atoms with Crippen molar-refractivity contribution in [2.45, 2.75) is 6.92 Å². The molecule has 1 fully saturated rings. The van der Waals surface area contributed by atoms with Gasteiger partial charge in [0.1, 0.15) is 17.9 Å². The number of nitrogens with one attached hydrogen (secondary N) is 1. The molecular formula is C21H15ClN2O4. The van der Waals surface area contributed by atoms with Crippen molar-refractivity contribution >= 4 is 41.2 Å². The van der Waals surface area contributed by atoms with Crippen molar-refractivity contribution in [1.29, 1.82) is 0 Å². The third kappa shape index (κ3) is 3.75. The van der Waals surface area contributed by atoms with Crippen molar-refractivity contribution in [3.05, 3.63) is 64.2 Å². The van der Waals surface area contributed by atoms with Gasteiger partial charge in [-0.2, -0.15) is 0 Å². The van der Waals surface area contributed by atoms with Crippen LogP contribution in [-0.2, 0) is 9.59 Å². The van der Waals surface area contributed by atoms with E-state index in [1.807, 2.05) is 0 Å². The molecule has 0 aromatic heterocycles. The number of ether oxygens (including phenoxy) is 1. The van der Waals surface area contributed by atoms with Gasteiger partial charge in [-0.1, -0.05) is 35.7 Å². The van der Waals surface area contributed by atoms with E-state index in [1.54, 1.807) is 43.3 Å². The fourth-order valence-electron chi connectivity index (χ4n) is 2.73. The molecule has 1 N–H and O–H groups in total. The number of rotatable bonds is 4. The summed E-state index contributed by atoms with van der Waals surface area (Å²) in [5.74, 6) is 1.15. The zero-order valence-corrected chi connectivity index (χ0v) is 15.6. The van der Waals surface area contributed by atoms with E-state index in [2.05, 4.69) is 11.2 Å². The van der Waals surface area contributed by atoms with Crippen molar-refractivity contribution in [3.63, 3.8) is 0 Å². The lowest BCUT2D eigenvalue weighted by molar-refractivity contribution is -0.122. The smallest absolute Gasteiger partial charge is 0.335 e. The molecule has 0 bridgehead atoms. The van der Waals surface area contributed by atoms with Crippen LogP contribution in [0.25, 0.3) is 6.08 Å². The summed E-state index contributed by atoms with van der Waals surface area (Å²) in [6.45, 7) is 1.77. The zero-order valence-electron chi connectivity index (χ0n) is 14.9. The summed E-state index contributed by atoms with van der Waals surface area (Å²) in [5, 5.41) is 2.57. The Balaban J connectivity index is 2.07. The predicted molar refractivity (Wildman–Crippen MR) is 106 cm³/mol. The number of amides is 4. The van der Waals surface area contributed by atoms with E-state index in [-0.39, 0.29) is 12.2 Å². The highest BCUT2D eigenvalue weighted by atomic mass is 35.5. The Morgan fingerprint density at radius 2 is 1.96 bits per heavy atom. The van der Waals surface area contributed by atoms with Crippen LogP contribution in [0.3, 0.4) is 0 Å². The Hall–Kier alpha value is -3.56. The van der Waals surface area contributed by atoms with E-state index >= 15 is 0 Å². The number of nitrogens with zero attached hydrogens (tertiary/aromatic N) is 1. The molecule has 140 valence electrons. The van der Waals surface area contributed by atoms with Crippen LogP contribution in [0.4, 0.5) is 10.5 Å². The Morgan fingerprint density at radius 3 is 2.68 bits per heavy atom. The molecule has 2 aromatic rings. The average Bonchev–Trinajstić information content (AvgIpc) is 2.66. The lowest BCUT2D eigenvalue weighted by Gasteiger charge is -2.27. The van der Waals surface area contributed by atoms with Crippen LogP contribution in [0, 0.1) is 19.3 Å². The number of hydrogen-bond acceptors (Lipinski definition) is 4. The standard InChI is InChI=1S/C21H15ClN2O4/c1-3-10-28-18-9-8-15(22)11-14(18)12-16-19(25)23-21(27)24(20(16)26)17-7-5-4-6-13(17)2/h1,4-9,11-12H,10H2,2H3,(H,23,25,27)/b16-12+. The number of halogens is 1. The first-order chi connectivity index (χ1) is 13.4. The molecule has 1 aliphatic heterocycles. The lowest BCUT2D eigenvalue weighted by Crippen LogP contribution is -2.54. The second-order valence-corrected chi connectivity index (χ2v) is 6.36. The van der Waals surface area contributed by atoms with Crippen LogP contribution in [0.5, 0.6) is 5.75 Å². The number of urea groups is 1. The first-order valence-corrected chi connectivity index (χ1v) is 8.63. The van der Waals surface area contributed by atoms with Crippen molar-refractivity contribution in [3.8, 4) is 18.1 Å². The Morgan fingerprint density at radius 1 is 1.21 bits per heavy atom. The molecule has 3 rings (SSSR count). The van der Waals surface area contributed by atoms with Crippen molar-refractivity contribution in [1.82, 2.24) is 5.32 Å². The number of para-hydroxylation sites is 1. The average molecular weight is 395 g/mol. The second kappa shape index (κ2) is 7.99. The molecular weight excluding hydrogens is 380 g/mol. The highest BCUT2D eigenvalue weighted by Crippen LogP contribution is 2.28. The molecule has 28 heavy (non-hydrogen) atoms. The van der Waals surface area contributed by atoms with Crippen molar-refractivity contribution < 1.29 is 19.1 Å². The topological polar surface area (TPSA) is 75.7 Å². The van der Waals surface area contributed by atoms with Gasteiger partial charge in [-0.05, 0) is 42.8 Å². The third-order valence-corrected chi connectivity index (χ3v) is 4.28. The molecule has 2 aromatic carbocycles. The number of benzene rings is 2. The summed E-state index contributed by atoms with van der Waals surface area (Å²) in [7, 11) is 0. The number of imide groups is 2. The van der Waals surface area contributed by atoms with Crippen molar-refractivity contribution in [2.75, 3.05) is 11.5 Å². The minimum atomic E-state index is -0.809. The molecule has 0 atom stereocenters. The first kappa shape index (κ1) is 19.2. The Bertz CT molecular complexity index is 1050. The van der Waals surface area contributed by atoms with Gasteiger partial charge in [0, 0.05) is 10.6 Å². The number of terminal acetylenes is 1. The van der Waals surface area contributed by atoms with Gasteiger partial charge in [0.05, 0.1) is 5.69 Å². The number of carbonyl (C=O) groups is 3. The largest absolute Gasteiger partial charge is 0.480 e. The summed E-state index contributed by atoms with van der Waals surface area (Å²) >= 11 is 6.03. The summed E-state index contributed by atoms with van der Waals surface area (Å²) in [6, 6.07) is 10.8. The maximum absolute atomic E-state index is 13.0. The number of carbonyl (C=O) groups excluding carboxylic acids is 3. The van der Waals surface area contributed by atoms with E-state index in [9.17, 15) is 14.4 Å². The predicted octanol–water partition coefficient (Wildman–Crippen LogP) is 3.33. The van der Waals surface area contributed by atoms with Gasteiger partial charge >= 0.3 is 6.03 Å². The molecule has 1 saturated heterocycles. The quantitative estimate of drug-likeness (QED) is 0.490. The molecule has 0 unspecified atom stereocenters. The monoisotopic (exact) mass is 394 g/mol. The highest BCUT2D eigenvalue weighted by Gasteiger charge is 2.37. The van der Waals surface area contributed by atoms with Gasteiger partial charge in [-0.25, -0.2) is 9.69 Å². The van der Waals surface area contributed by atoms with Gasteiger partial charge in [0.15, 0.2) is 0 Å². The molecule has 6 nitrogen and oxygen atoms in total. The lowest BCUT2D eigenvalue weighted by atomic mass is 10.0. The number of anilines is 1. The zero-order chi connectivity index (χ0) is 20.3. The van der Waals surface area contributed by atoms with Gasteiger partial charge in [-0.3, -0.25) is 14.9 Å². The van der Waals surface area contributed by atoms with Crippen LogP contribution in [-0.4, -0.2) is 24.5 Å². The SMILES string of the molecule is C#CCOc1ccc(Cl)cc1/C=C1\C(=O)NC(=O)N(c2ccccc2C)C1=O. The number of barbiturate groups is 1. The molecule has 0 saturated carbocycles. The molecule has 0 spiro atoms. The molecule has 7 heteroatoms. The normalized spacial score (nSPS) is 15.4. The van der Waals surface area contributed by atoms with E-state index in [0.717, 1.165) is 4.90 Å². The molecule has 0 aliphatic carbocycles. The van der Waals surface area contributed by atoms with E-state index in [0.29, 0.717) is 27.6 Å². The summed E-state index contributed by atoms with van der Waals surface area (Å²) in [4.78, 5) is 38.6. The van der Waals surface area contributed by atoms with Crippen LogP contribution in [0.2, 0.25) is 5.02 Å². The van der Waals surface area contributed by atoms with Crippen molar-refractivity contribution in [2.24, 2.45) is 0 Å². The Labute approximate surface area is 166 Å². The number of aryl methyl sites for hydroxylation is 1. The molecule has 4 amide bonds. The molecule has 1 heterocycles. The maximum Gasteiger partial charge on any atom is 0.335 e. The van der Waals surface area contributed by atoms with E-state index in [4.69, 9.17) is 22.8 Å². The van der Waals surface area contributed by atoms with Crippen LogP contribution in [0.1, 0.15) is 11.1 Å². The maximum atomic E-state index is 13.0. The minimum Gasteiger partial charge on any atom is -0.480 e. The van der Waals surface area contributed by atoms with Crippen LogP contribution >= 0.6 is 11.6 Å². The summed E-state index contributed by atoms with van der Waals surface area (Å²) in [6.07, 6.45) is 6.54. The second-order valence-electron chi connectivity index (χ2n) is 5.92. The minimum absolute atomic E-state index is 0.00572.